The number of primary amides is 1. The van der Waals surface area contributed by atoms with Gasteiger partial charge in [-0.15, -0.1) is 0 Å². The van der Waals surface area contributed by atoms with Gasteiger partial charge in [-0.2, -0.15) is 0 Å². The maximum absolute atomic E-state index is 11.6. The van der Waals surface area contributed by atoms with E-state index in [1.807, 2.05) is 26.8 Å². The predicted molar refractivity (Wildman–Crippen MR) is 72.5 cm³/mol. The Kier molecular flexibility index (Phi) is 5.06. The molecule has 0 aliphatic carbocycles. The first kappa shape index (κ1) is 15.2. The summed E-state index contributed by atoms with van der Waals surface area (Å²) in [7, 11) is 0. The van der Waals surface area contributed by atoms with Crippen LogP contribution < -0.4 is 11.1 Å². The zero-order chi connectivity index (χ0) is 14.5. The van der Waals surface area contributed by atoms with Gasteiger partial charge in [0.2, 0.25) is 11.8 Å². The Morgan fingerprint density at radius 3 is 2.58 bits per heavy atom. The number of nitrogens with one attached hydrogen (secondary N) is 1. The Morgan fingerprint density at radius 1 is 1.32 bits per heavy atom. The standard InChI is InChI=1S/C14H20N2O3/c1-14(2,3)19-9-12(17)16-8-10-5-4-6-11(7-10)13(15)18/h4-7H,8-9H2,1-3H3,(H2,15,18)(H,16,17). The summed E-state index contributed by atoms with van der Waals surface area (Å²) < 4.78 is 5.36. The molecule has 1 rings (SSSR count). The monoisotopic (exact) mass is 264 g/mol. The van der Waals surface area contributed by atoms with Gasteiger partial charge in [-0.3, -0.25) is 9.59 Å². The maximum Gasteiger partial charge on any atom is 0.248 e. The summed E-state index contributed by atoms with van der Waals surface area (Å²) in [6.07, 6.45) is 0. The first-order valence-electron chi connectivity index (χ1n) is 6.07. The summed E-state index contributed by atoms with van der Waals surface area (Å²) in [4.78, 5) is 22.6. The van der Waals surface area contributed by atoms with E-state index in [0.29, 0.717) is 12.1 Å². The second kappa shape index (κ2) is 6.33. The molecule has 5 nitrogen and oxygen atoms in total. The largest absolute Gasteiger partial charge is 0.366 e. The number of carbonyl (C=O) groups is 2. The van der Waals surface area contributed by atoms with Crippen molar-refractivity contribution in [3.05, 3.63) is 35.4 Å². The van der Waals surface area contributed by atoms with Crippen molar-refractivity contribution < 1.29 is 14.3 Å². The van der Waals surface area contributed by atoms with E-state index in [4.69, 9.17) is 10.5 Å². The van der Waals surface area contributed by atoms with Crippen LogP contribution in [0.4, 0.5) is 0 Å². The van der Waals surface area contributed by atoms with Crippen LogP contribution in [0.5, 0.6) is 0 Å². The van der Waals surface area contributed by atoms with Gasteiger partial charge in [0.05, 0.1) is 5.60 Å². The first-order valence-corrected chi connectivity index (χ1v) is 6.07. The number of amides is 2. The van der Waals surface area contributed by atoms with Gasteiger partial charge in [0.15, 0.2) is 0 Å². The molecule has 0 radical (unpaired) electrons. The summed E-state index contributed by atoms with van der Waals surface area (Å²) in [6.45, 7) is 6.01. The third-order valence-corrected chi connectivity index (χ3v) is 2.34. The minimum Gasteiger partial charge on any atom is -0.366 e. The number of carbonyl (C=O) groups excluding carboxylic acids is 2. The Morgan fingerprint density at radius 2 is 2.00 bits per heavy atom. The van der Waals surface area contributed by atoms with Crippen LogP contribution in [0.3, 0.4) is 0 Å². The van der Waals surface area contributed by atoms with Crippen molar-refractivity contribution >= 4 is 11.8 Å². The molecule has 1 aromatic rings. The molecular formula is C14H20N2O3. The van der Waals surface area contributed by atoms with E-state index in [1.165, 1.54) is 0 Å². The molecule has 3 N–H and O–H groups in total. The highest BCUT2D eigenvalue weighted by Crippen LogP contribution is 2.06. The smallest absolute Gasteiger partial charge is 0.248 e. The summed E-state index contributed by atoms with van der Waals surface area (Å²) in [5.74, 6) is -0.677. The Bertz CT molecular complexity index is 464. The fourth-order valence-electron chi connectivity index (χ4n) is 1.37. The molecule has 5 heteroatoms. The van der Waals surface area contributed by atoms with Crippen LogP contribution in [-0.2, 0) is 16.1 Å². The summed E-state index contributed by atoms with van der Waals surface area (Å²) in [5.41, 5.74) is 6.09. The van der Waals surface area contributed by atoms with E-state index >= 15 is 0 Å². The van der Waals surface area contributed by atoms with Gasteiger partial charge in [0.1, 0.15) is 6.61 Å². The van der Waals surface area contributed by atoms with Crippen LogP contribution in [0.1, 0.15) is 36.7 Å². The Labute approximate surface area is 113 Å². The highest BCUT2D eigenvalue weighted by atomic mass is 16.5. The summed E-state index contributed by atoms with van der Waals surface area (Å²) in [6, 6.07) is 6.84. The first-order chi connectivity index (χ1) is 8.78. The topological polar surface area (TPSA) is 81.4 Å². The van der Waals surface area contributed by atoms with E-state index in [-0.39, 0.29) is 18.1 Å². The number of benzene rings is 1. The highest BCUT2D eigenvalue weighted by Gasteiger charge is 2.12. The van der Waals surface area contributed by atoms with Crippen molar-refractivity contribution in [1.82, 2.24) is 5.32 Å². The molecule has 104 valence electrons. The number of nitrogens with two attached hydrogens (primary N) is 1. The molecule has 19 heavy (non-hydrogen) atoms. The molecule has 0 aliphatic heterocycles. The summed E-state index contributed by atoms with van der Waals surface area (Å²) >= 11 is 0. The number of hydrogen-bond acceptors (Lipinski definition) is 3. The fraction of sp³-hybridized carbons (Fsp3) is 0.429. The van der Waals surface area contributed by atoms with E-state index in [0.717, 1.165) is 5.56 Å². The van der Waals surface area contributed by atoms with Crippen molar-refractivity contribution in [3.8, 4) is 0 Å². The maximum atomic E-state index is 11.6. The van der Waals surface area contributed by atoms with Gasteiger partial charge in [0.25, 0.3) is 0 Å². The lowest BCUT2D eigenvalue weighted by atomic mass is 10.1. The lowest BCUT2D eigenvalue weighted by molar-refractivity contribution is -0.130. The molecule has 0 spiro atoms. The zero-order valence-corrected chi connectivity index (χ0v) is 11.5. The molecule has 0 aromatic heterocycles. The summed E-state index contributed by atoms with van der Waals surface area (Å²) in [5, 5.41) is 2.72. The average Bonchev–Trinajstić information content (AvgIpc) is 2.33. The van der Waals surface area contributed by atoms with Gasteiger partial charge in [-0.1, -0.05) is 12.1 Å². The third kappa shape index (κ3) is 6.01. The second-order valence-electron chi connectivity index (χ2n) is 5.24. The lowest BCUT2D eigenvalue weighted by Gasteiger charge is -2.19. The van der Waals surface area contributed by atoms with E-state index in [9.17, 15) is 9.59 Å². The van der Waals surface area contributed by atoms with E-state index < -0.39 is 5.91 Å². The van der Waals surface area contributed by atoms with E-state index in [1.54, 1.807) is 18.2 Å². The lowest BCUT2D eigenvalue weighted by Crippen LogP contribution is -2.31. The van der Waals surface area contributed by atoms with Crippen molar-refractivity contribution in [2.45, 2.75) is 32.9 Å². The quantitative estimate of drug-likeness (QED) is 0.839. The molecular weight excluding hydrogens is 244 g/mol. The van der Waals surface area contributed by atoms with Crippen LogP contribution in [0.2, 0.25) is 0 Å². The minimum absolute atomic E-state index is 0.0129. The number of rotatable bonds is 5. The Hall–Kier alpha value is -1.88. The average molecular weight is 264 g/mol. The van der Waals surface area contributed by atoms with Gasteiger partial charge in [-0.05, 0) is 38.5 Å². The molecule has 0 fully saturated rings. The Balaban J connectivity index is 2.46. The molecule has 0 bridgehead atoms. The van der Waals surface area contributed by atoms with Crippen LogP contribution >= 0.6 is 0 Å². The van der Waals surface area contributed by atoms with Crippen molar-refractivity contribution in [2.24, 2.45) is 5.73 Å². The van der Waals surface area contributed by atoms with Crippen molar-refractivity contribution in [2.75, 3.05) is 6.61 Å². The number of hydrogen-bond donors (Lipinski definition) is 2. The van der Waals surface area contributed by atoms with Gasteiger partial charge in [-0.25, -0.2) is 0 Å². The van der Waals surface area contributed by atoms with E-state index in [2.05, 4.69) is 5.32 Å². The van der Waals surface area contributed by atoms with Crippen LogP contribution in [0.25, 0.3) is 0 Å². The third-order valence-electron chi connectivity index (χ3n) is 2.34. The predicted octanol–water partition coefficient (Wildman–Crippen LogP) is 1.22. The molecule has 0 aliphatic rings. The molecule has 0 unspecified atom stereocenters. The minimum atomic E-state index is -0.482. The highest BCUT2D eigenvalue weighted by molar-refractivity contribution is 5.92. The molecule has 0 saturated heterocycles. The second-order valence-corrected chi connectivity index (χ2v) is 5.24. The molecule has 0 saturated carbocycles. The number of ether oxygens (including phenoxy) is 1. The van der Waals surface area contributed by atoms with Crippen LogP contribution in [0.15, 0.2) is 24.3 Å². The zero-order valence-electron chi connectivity index (χ0n) is 11.5. The SMILES string of the molecule is CC(C)(C)OCC(=O)NCc1cccc(C(N)=O)c1. The van der Waals surface area contributed by atoms with Crippen molar-refractivity contribution in [3.63, 3.8) is 0 Å². The van der Waals surface area contributed by atoms with Crippen LogP contribution in [-0.4, -0.2) is 24.0 Å². The normalized spacial score (nSPS) is 11.1. The van der Waals surface area contributed by atoms with Gasteiger partial charge in [0, 0.05) is 12.1 Å². The molecule has 2 amide bonds. The fourth-order valence-corrected chi connectivity index (χ4v) is 1.37. The van der Waals surface area contributed by atoms with Crippen molar-refractivity contribution in [1.29, 1.82) is 0 Å². The molecule has 1 aromatic carbocycles. The molecule has 0 atom stereocenters. The van der Waals surface area contributed by atoms with Gasteiger partial charge >= 0.3 is 0 Å². The van der Waals surface area contributed by atoms with Crippen LogP contribution in [0, 0.1) is 0 Å². The van der Waals surface area contributed by atoms with Gasteiger partial charge < -0.3 is 15.8 Å². The molecule has 0 heterocycles.